The first-order chi connectivity index (χ1) is 9.13. The number of imide groups is 1. The van der Waals surface area contributed by atoms with Crippen molar-refractivity contribution >= 4 is 17.5 Å². The lowest BCUT2D eigenvalue weighted by molar-refractivity contribution is 0.0879. The van der Waals surface area contributed by atoms with E-state index < -0.39 is 0 Å². The molecule has 2 N–H and O–H groups in total. The second-order valence-electron chi connectivity index (χ2n) is 4.28. The highest BCUT2D eigenvalue weighted by Gasteiger charge is 2.26. The smallest absolute Gasteiger partial charge is 0.259 e. The number of anilines is 1. The molecular formula is C12H11N5O2. The molecule has 7 nitrogen and oxygen atoms in total. The average molecular weight is 257 g/mol. The van der Waals surface area contributed by atoms with Crippen molar-refractivity contribution in [1.82, 2.24) is 20.3 Å². The van der Waals surface area contributed by atoms with Gasteiger partial charge in [-0.1, -0.05) is 5.21 Å². The van der Waals surface area contributed by atoms with Crippen molar-refractivity contribution in [3.63, 3.8) is 0 Å². The van der Waals surface area contributed by atoms with Crippen molar-refractivity contribution in [3.8, 4) is 0 Å². The standard InChI is InChI=1S/C12H11N5O2/c1-17-6-8(15-16-17)5-13-7-2-3-9-10(4-7)12(19)14-11(9)18/h2-4,6,13H,5H2,1H3,(H,14,18,19). The van der Waals surface area contributed by atoms with Crippen molar-refractivity contribution < 1.29 is 9.59 Å². The normalized spacial score (nSPS) is 13.3. The molecule has 0 saturated heterocycles. The number of aromatic nitrogens is 3. The van der Waals surface area contributed by atoms with Gasteiger partial charge in [0, 0.05) is 18.9 Å². The number of fused-ring (bicyclic) bond motifs is 1. The van der Waals surface area contributed by atoms with Crippen molar-refractivity contribution in [2.75, 3.05) is 5.32 Å². The maximum Gasteiger partial charge on any atom is 0.259 e. The predicted molar refractivity (Wildman–Crippen MR) is 66.6 cm³/mol. The Morgan fingerprint density at radius 1 is 1.26 bits per heavy atom. The van der Waals surface area contributed by atoms with E-state index in [-0.39, 0.29) is 11.8 Å². The van der Waals surface area contributed by atoms with Crippen LogP contribution in [-0.4, -0.2) is 26.8 Å². The number of nitrogens with zero attached hydrogens (tertiary/aromatic N) is 3. The molecule has 3 rings (SSSR count). The molecule has 96 valence electrons. The molecule has 0 spiro atoms. The second-order valence-corrected chi connectivity index (χ2v) is 4.28. The summed E-state index contributed by atoms with van der Waals surface area (Å²) in [5.74, 6) is -0.705. The number of hydrogen-bond acceptors (Lipinski definition) is 5. The van der Waals surface area contributed by atoms with E-state index in [0.29, 0.717) is 17.7 Å². The van der Waals surface area contributed by atoms with Crippen LogP contribution in [-0.2, 0) is 13.6 Å². The van der Waals surface area contributed by atoms with E-state index in [1.807, 2.05) is 0 Å². The molecule has 0 saturated carbocycles. The zero-order valence-corrected chi connectivity index (χ0v) is 10.2. The minimum absolute atomic E-state index is 0.347. The van der Waals surface area contributed by atoms with Gasteiger partial charge in [-0.15, -0.1) is 5.10 Å². The quantitative estimate of drug-likeness (QED) is 0.772. The van der Waals surface area contributed by atoms with Crippen molar-refractivity contribution in [1.29, 1.82) is 0 Å². The summed E-state index contributed by atoms with van der Waals surface area (Å²) in [6.45, 7) is 0.502. The average Bonchev–Trinajstić information content (AvgIpc) is 2.92. The number of hydrogen-bond donors (Lipinski definition) is 2. The summed E-state index contributed by atoms with van der Waals surface area (Å²) in [6, 6.07) is 5.05. The fraction of sp³-hybridized carbons (Fsp3) is 0.167. The lowest BCUT2D eigenvalue weighted by Crippen LogP contribution is -2.19. The van der Waals surface area contributed by atoms with Crippen molar-refractivity contribution in [2.45, 2.75) is 6.54 Å². The van der Waals surface area contributed by atoms with Crippen LogP contribution >= 0.6 is 0 Å². The number of benzene rings is 1. The maximum absolute atomic E-state index is 11.5. The minimum Gasteiger partial charge on any atom is -0.379 e. The monoisotopic (exact) mass is 257 g/mol. The van der Waals surface area contributed by atoms with E-state index >= 15 is 0 Å². The molecule has 1 aromatic heterocycles. The molecule has 19 heavy (non-hydrogen) atoms. The first-order valence-electron chi connectivity index (χ1n) is 5.72. The predicted octanol–water partition coefficient (Wildman–Crippen LogP) is 0.311. The summed E-state index contributed by atoms with van der Waals surface area (Å²) in [5, 5.41) is 13.2. The largest absolute Gasteiger partial charge is 0.379 e. The second kappa shape index (κ2) is 4.20. The van der Waals surface area contributed by atoms with Crippen LogP contribution in [0.1, 0.15) is 26.4 Å². The Bertz CT molecular complexity index is 677. The van der Waals surface area contributed by atoms with Crippen LogP contribution in [0.25, 0.3) is 0 Å². The molecule has 1 aliphatic heterocycles. The van der Waals surface area contributed by atoms with Crippen LogP contribution < -0.4 is 10.6 Å². The summed E-state index contributed by atoms with van der Waals surface area (Å²) in [6.07, 6.45) is 1.80. The molecular weight excluding hydrogens is 246 g/mol. The van der Waals surface area contributed by atoms with Gasteiger partial charge >= 0.3 is 0 Å². The molecule has 0 unspecified atom stereocenters. The molecule has 1 aromatic carbocycles. The molecule has 2 amide bonds. The zero-order valence-electron chi connectivity index (χ0n) is 10.2. The van der Waals surface area contributed by atoms with Gasteiger partial charge in [0.05, 0.1) is 17.7 Å². The van der Waals surface area contributed by atoms with Gasteiger partial charge in [0.25, 0.3) is 11.8 Å². The van der Waals surface area contributed by atoms with Gasteiger partial charge in [-0.25, -0.2) is 0 Å². The Kier molecular flexibility index (Phi) is 2.52. The Morgan fingerprint density at radius 3 is 2.79 bits per heavy atom. The Morgan fingerprint density at radius 2 is 2.05 bits per heavy atom. The van der Waals surface area contributed by atoms with Gasteiger partial charge in [-0.2, -0.15) is 0 Å². The van der Waals surface area contributed by atoms with E-state index in [4.69, 9.17) is 0 Å². The highest BCUT2D eigenvalue weighted by atomic mass is 16.2. The zero-order chi connectivity index (χ0) is 13.4. The van der Waals surface area contributed by atoms with Crippen LogP contribution in [0.4, 0.5) is 5.69 Å². The van der Waals surface area contributed by atoms with E-state index in [0.717, 1.165) is 11.4 Å². The molecule has 2 aromatic rings. The molecule has 2 heterocycles. The third-order valence-corrected chi connectivity index (χ3v) is 2.86. The summed E-state index contributed by atoms with van der Waals surface area (Å²) in [4.78, 5) is 22.9. The molecule has 0 fully saturated rings. The summed E-state index contributed by atoms with van der Waals surface area (Å²) >= 11 is 0. The summed E-state index contributed by atoms with van der Waals surface area (Å²) < 4.78 is 1.62. The summed E-state index contributed by atoms with van der Waals surface area (Å²) in [7, 11) is 1.79. The third-order valence-electron chi connectivity index (χ3n) is 2.86. The summed E-state index contributed by atoms with van der Waals surface area (Å²) in [5.41, 5.74) is 2.36. The Balaban J connectivity index is 1.78. The van der Waals surface area contributed by atoms with Gasteiger partial charge in [0.15, 0.2) is 0 Å². The highest BCUT2D eigenvalue weighted by Crippen LogP contribution is 2.20. The first kappa shape index (κ1) is 11.4. The number of amides is 2. The molecule has 7 heteroatoms. The van der Waals surface area contributed by atoms with Crippen LogP contribution in [0.2, 0.25) is 0 Å². The van der Waals surface area contributed by atoms with Gasteiger partial charge in [0.2, 0.25) is 0 Å². The number of aryl methyl sites for hydroxylation is 1. The lowest BCUT2D eigenvalue weighted by Gasteiger charge is -2.05. The van der Waals surface area contributed by atoms with Gasteiger partial charge in [-0.05, 0) is 18.2 Å². The number of carbonyl (C=O) groups excluding carboxylic acids is 2. The van der Waals surface area contributed by atoms with Crippen LogP contribution in [0.3, 0.4) is 0 Å². The van der Waals surface area contributed by atoms with Crippen molar-refractivity contribution in [3.05, 3.63) is 41.2 Å². The molecule has 0 atom stereocenters. The van der Waals surface area contributed by atoms with Crippen LogP contribution in [0.5, 0.6) is 0 Å². The fourth-order valence-electron chi connectivity index (χ4n) is 1.95. The fourth-order valence-corrected chi connectivity index (χ4v) is 1.95. The SMILES string of the molecule is Cn1cc(CNc2ccc3c(c2)C(=O)NC3=O)nn1. The van der Waals surface area contributed by atoms with Crippen LogP contribution in [0.15, 0.2) is 24.4 Å². The Hall–Kier alpha value is -2.70. The first-order valence-corrected chi connectivity index (χ1v) is 5.72. The number of rotatable bonds is 3. The van der Waals surface area contributed by atoms with E-state index in [1.165, 1.54) is 0 Å². The van der Waals surface area contributed by atoms with Crippen LogP contribution in [0, 0.1) is 0 Å². The lowest BCUT2D eigenvalue weighted by atomic mass is 10.1. The maximum atomic E-state index is 11.5. The molecule has 1 aliphatic rings. The number of nitrogens with one attached hydrogen (secondary N) is 2. The minimum atomic E-state index is -0.358. The van der Waals surface area contributed by atoms with E-state index in [2.05, 4.69) is 20.9 Å². The van der Waals surface area contributed by atoms with E-state index in [1.54, 1.807) is 36.1 Å². The van der Waals surface area contributed by atoms with Gasteiger partial charge < -0.3 is 5.32 Å². The number of carbonyl (C=O) groups is 2. The van der Waals surface area contributed by atoms with Gasteiger partial charge in [-0.3, -0.25) is 19.6 Å². The molecule has 0 bridgehead atoms. The molecule has 0 radical (unpaired) electrons. The third kappa shape index (κ3) is 2.05. The van der Waals surface area contributed by atoms with Gasteiger partial charge in [0.1, 0.15) is 5.69 Å². The topological polar surface area (TPSA) is 88.9 Å². The highest BCUT2D eigenvalue weighted by molar-refractivity contribution is 6.21. The Labute approximate surface area is 108 Å². The van der Waals surface area contributed by atoms with Crippen molar-refractivity contribution in [2.24, 2.45) is 7.05 Å². The van der Waals surface area contributed by atoms with E-state index in [9.17, 15) is 9.59 Å². The molecule has 0 aliphatic carbocycles.